The second kappa shape index (κ2) is 8.12. The van der Waals surface area contributed by atoms with Crippen LogP contribution in [0.15, 0.2) is 35.9 Å². The summed E-state index contributed by atoms with van der Waals surface area (Å²) in [5.74, 6) is 0.799. The zero-order valence-electron chi connectivity index (χ0n) is 10.0. The van der Waals surface area contributed by atoms with Gasteiger partial charge in [-0.1, -0.05) is 30.3 Å². The number of nitrogens with one attached hydrogen (secondary N) is 1. The molecule has 0 amide bonds. The molecule has 1 aromatic rings. The Morgan fingerprint density at radius 1 is 1.35 bits per heavy atom. The second-order valence-electron chi connectivity index (χ2n) is 3.62. The minimum atomic E-state index is 0.340. The van der Waals surface area contributed by atoms with Crippen LogP contribution in [0.1, 0.15) is 5.56 Å². The molecule has 94 valence electrons. The van der Waals surface area contributed by atoms with E-state index >= 15 is 0 Å². The van der Waals surface area contributed by atoms with Crippen molar-refractivity contribution in [2.45, 2.75) is 6.54 Å². The van der Waals surface area contributed by atoms with Gasteiger partial charge in [-0.25, -0.2) is 0 Å². The van der Waals surface area contributed by atoms with E-state index in [9.17, 15) is 0 Å². The average Bonchev–Trinajstić information content (AvgIpc) is 2.33. The standard InChI is InChI=1S/C13H18ClNO2/c1-11(14)10-17-13-5-3-12(4-6-13)9-15-7-8-16-2/h3-6,15H,1,7-10H2,2H3. The molecule has 4 heteroatoms. The minimum absolute atomic E-state index is 0.340. The molecule has 0 aliphatic carbocycles. The maximum absolute atomic E-state index is 5.62. The maximum Gasteiger partial charge on any atom is 0.123 e. The van der Waals surface area contributed by atoms with E-state index in [1.54, 1.807) is 7.11 Å². The van der Waals surface area contributed by atoms with Gasteiger partial charge in [-0.3, -0.25) is 0 Å². The summed E-state index contributed by atoms with van der Waals surface area (Å²) in [6.45, 7) is 6.30. The van der Waals surface area contributed by atoms with Gasteiger partial charge in [-0.2, -0.15) is 0 Å². The molecule has 17 heavy (non-hydrogen) atoms. The van der Waals surface area contributed by atoms with Gasteiger partial charge in [0.05, 0.1) is 6.61 Å². The molecule has 0 saturated heterocycles. The highest BCUT2D eigenvalue weighted by molar-refractivity contribution is 6.29. The summed E-state index contributed by atoms with van der Waals surface area (Å²) in [5.41, 5.74) is 1.21. The van der Waals surface area contributed by atoms with Crippen molar-refractivity contribution in [1.82, 2.24) is 5.32 Å². The van der Waals surface area contributed by atoms with Crippen LogP contribution in [0.2, 0.25) is 0 Å². The highest BCUT2D eigenvalue weighted by Gasteiger charge is 1.96. The van der Waals surface area contributed by atoms with Gasteiger partial charge in [0, 0.05) is 25.2 Å². The van der Waals surface area contributed by atoms with Crippen LogP contribution in [0.4, 0.5) is 0 Å². The molecule has 1 N–H and O–H groups in total. The molecule has 0 bridgehead atoms. The van der Waals surface area contributed by atoms with Crippen LogP contribution in [-0.2, 0) is 11.3 Å². The van der Waals surface area contributed by atoms with Gasteiger partial charge < -0.3 is 14.8 Å². The van der Waals surface area contributed by atoms with Crippen LogP contribution in [0, 0.1) is 0 Å². The first-order chi connectivity index (χ1) is 8.22. The van der Waals surface area contributed by atoms with Crippen molar-refractivity contribution in [1.29, 1.82) is 0 Å². The summed E-state index contributed by atoms with van der Waals surface area (Å²) in [7, 11) is 1.69. The van der Waals surface area contributed by atoms with Gasteiger partial charge >= 0.3 is 0 Å². The highest BCUT2D eigenvalue weighted by Crippen LogP contribution is 2.13. The zero-order valence-corrected chi connectivity index (χ0v) is 10.8. The van der Waals surface area contributed by atoms with E-state index in [0.717, 1.165) is 25.4 Å². The molecule has 0 aliphatic rings. The summed E-state index contributed by atoms with van der Waals surface area (Å²) < 4.78 is 10.3. The Balaban J connectivity index is 2.31. The molecule has 0 aliphatic heterocycles. The molecule has 0 atom stereocenters. The molecule has 0 spiro atoms. The van der Waals surface area contributed by atoms with Gasteiger partial charge in [-0.15, -0.1) is 0 Å². The average molecular weight is 256 g/mol. The fourth-order valence-corrected chi connectivity index (χ4v) is 1.33. The van der Waals surface area contributed by atoms with Crippen molar-refractivity contribution in [3.8, 4) is 5.75 Å². The van der Waals surface area contributed by atoms with Crippen molar-refractivity contribution >= 4 is 11.6 Å². The smallest absolute Gasteiger partial charge is 0.123 e. The summed E-state index contributed by atoms with van der Waals surface area (Å²) in [5, 5.41) is 3.77. The van der Waals surface area contributed by atoms with E-state index in [0.29, 0.717) is 11.6 Å². The van der Waals surface area contributed by atoms with Gasteiger partial charge in [0.15, 0.2) is 0 Å². The quantitative estimate of drug-likeness (QED) is 0.725. The van der Waals surface area contributed by atoms with E-state index in [1.807, 2.05) is 24.3 Å². The Hall–Kier alpha value is -1.03. The second-order valence-corrected chi connectivity index (χ2v) is 4.15. The fraction of sp³-hybridized carbons (Fsp3) is 0.385. The van der Waals surface area contributed by atoms with Crippen LogP contribution in [0.5, 0.6) is 5.75 Å². The Kier molecular flexibility index (Phi) is 6.70. The topological polar surface area (TPSA) is 30.5 Å². The third kappa shape index (κ3) is 6.31. The molecule has 3 nitrogen and oxygen atoms in total. The van der Waals surface area contributed by atoms with E-state index in [-0.39, 0.29) is 0 Å². The zero-order chi connectivity index (χ0) is 12.5. The number of benzene rings is 1. The normalized spacial score (nSPS) is 10.2. The first-order valence-electron chi connectivity index (χ1n) is 5.47. The predicted molar refractivity (Wildman–Crippen MR) is 70.5 cm³/mol. The minimum Gasteiger partial charge on any atom is -0.488 e. The van der Waals surface area contributed by atoms with Crippen molar-refractivity contribution < 1.29 is 9.47 Å². The molecule has 0 unspecified atom stereocenters. The Morgan fingerprint density at radius 2 is 2.06 bits per heavy atom. The first-order valence-corrected chi connectivity index (χ1v) is 5.85. The number of methoxy groups -OCH3 is 1. The largest absolute Gasteiger partial charge is 0.488 e. The summed E-state index contributed by atoms with van der Waals surface area (Å²) in [6, 6.07) is 7.89. The van der Waals surface area contributed by atoms with Crippen molar-refractivity contribution in [3.63, 3.8) is 0 Å². The summed E-state index contributed by atoms with van der Waals surface area (Å²) in [6.07, 6.45) is 0. The van der Waals surface area contributed by atoms with E-state index in [4.69, 9.17) is 21.1 Å². The third-order valence-corrected chi connectivity index (χ3v) is 2.24. The number of halogens is 1. The number of hydrogen-bond acceptors (Lipinski definition) is 3. The van der Waals surface area contributed by atoms with E-state index < -0.39 is 0 Å². The first kappa shape index (κ1) is 14.0. The SMILES string of the molecule is C=C(Cl)COc1ccc(CNCCOC)cc1. The van der Waals surface area contributed by atoms with Gasteiger partial charge in [0.1, 0.15) is 12.4 Å². The lowest BCUT2D eigenvalue weighted by atomic mass is 10.2. The molecule has 1 rings (SSSR count). The van der Waals surface area contributed by atoms with Gasteiger partial charge in [0.2, 0.25) is 0 Å². The Morgan fingerprint density at radius 3 is 2.65 bits per heavy atom. The van der Waals surface area contributed by atoms with Crippen LogP contribution in [0.25, 0.3) is 0 Å². The molecule has 0 aromatic heterocycles. The lowest BCUT2D eigenvalue weighted by molar-refractivity contribution is 0.199. The van der Waals surface area contributed by atoms with Crippen LogP contribution in [0.3, 0.4) is 0 Å². The number of hydrogen-bond donors (Lipinski definition) is 1. The lowest BCUT2D eigenvalue weighted by Crippen LogP contribution is -2.18. The van der Waals surface area contributed by atoms with Crippen LogP contribution >= 0.6 is 11.6 Å². The fourth-order valence-electron chi connectivity index (χ4n) is 1.27. The molecule has 0 fully saturated rings. The van der Waals surface area contributed by atoms with Crippen LogP contribution < -0.4 is 10.1 Å². The van der Waals surface area contributed by atoms with Crippen molar-refractivity contribution in [2.75, 3.05) is 26.9 Å². The highest BCUT2D eigenvalue weighted by atomic mass is 35.5. The van der Waals surface area contributed by atoms with Gasteiger partial charge in [0.25, 0.3) is 0 Å². The molecule has 0 radical (unpaired) electrons. The molecular formula is C13H18ClNO2. The monoisotopic (exact) mass is 255 g/mol. The number of ether oxygens (including phenoxy) is 2. The maximum atomic E-state index is 5.62. The summed E-state index contributed by atoms with van der Waals surface area (Å²) in [4.78, 5) is 0. The van der Waals surface area contributed by atoms with Crippen molar-refractivity contribution in [2.24, 2.45) is 0 Å². The summed E-state index contributed by atoms with van der Waals surface area (Å²) >= 11 is 5.62. The Labute approximate surface area is 107 Å². The number of rotatable bonds is 8. The third-order valence-electron chi connectivity index (χ3n) is 2.13. The van der Waals surface area contributed by atoms with Gasteiger partial charge in [-0.05, 0) is 17.7 Å². The van der Waals surface area contributed by atoms with Crippen LogP contribution in [-0.4, -0.2) is 26.9 Å². The molecule has 1 aromatic carbocycles. The lowest BCUT2D eigenvalue weighted by Gasteiger charge is -2.07. The Bertz CT molecular complexity index is 338. The molecule has 0 saturated carbocycles. The van der Waals surface area contributed by atoms with E-state index in [1.165, 1.54) is 5.56 Å². The van der Waals surface area contributed by atoms with Crippen molar-refractivity contribution in [3.05, 3.63) is 41.4 Å². The van der Waals surface area contributed by atoms with E-state index in [2.05, 4.69) is 11.9 Å². The molecular weight excluding hydrogens is 238 g/mol. The molecule has 0 heterocycles. The predicted octanol–water partition coefficient (Wildman–Crippen LogP) is 2.55.